The van der Waals surface area contributed by atoms with Crippen LogP contribution in [0.3, 0.4) is 0 Å². The van der Waals surface area contributed by atoms with Crippen LogP contribution in [0.25, 0.3) is 0 Å². The van der Waals surface area contributed by atoms with Gasteiger partial charge < -0.3 is 9.15 Å². The Balaban J connectivity index is 2.61. The molecule has 0 atom stereocenters. The molecule has 0 radical (unpaired) electrons. The van der Waals surface area contributed by atoms with Crippen molar-refractivity contribution in [2.45, 2.75) is 12.0 Å². The normalized spacial score (nSPS) is 11.6. The van der Waals surface area contributed by atoms with Crippen LogP contribution in [-0.4, -0.2) is 31.9 Å². The fourth-order valence-electron chi connectivity index (χ4n) is 0.854. The van der Waals surface area contributed by atoms with Gasteiger partial charge in [0, 0.05) is 0 Å². The van der Waals surface area contributed by atoms with Crippen molar-refractivity contribution in [1.82, 2.24) is 5.43 Å². The molecule has 1 amide bonds. The van der Waals surface area contributed by atoms with Crippen LogP contribution in [0.5, 0.6) is 0 Å². The van der Waals surface area contributed by atoms with Gasteiger partial charge in [0.05, 0.1) is 12.8 Å². The summed E-state index contributed by atoms with van der Waals surface area (Å²) in [6, 6.07) is 2.32. The minimum atomic E-state index is -4.37. The maximum absolute atomic E-state index is 10.8. The molecule has 0 unspecified atom stereocenters. The van der Waals surface area contributed by atoms with Crippen LogP contribution >= 0.6 is 0 Å². The molecule has 0 saturated carbocycles. The monoisotopic (exact) mass is 262 g/mol. The molecule has 1 rings (SSSR count). The van der Waals surface area contributed by atoms with E-state index in [2.05, 4.69) is 9.84 Å². The Morgan fingerprint density at radius 1 is 1.65 bits per heavy atom. The van der Waals surface area contributed by atoms with E-state index in [9.17, 15) is 13.2 Å². The quantitative estimate of drug-likeness (QED) is 0.466. The largest absolute Gasteiger partial charge is 0.449 e. The topological polar surface area (TPSA) is 118 Å². The lowest BCUT2D eigenvalue weighted by Crippen LogP contribution is -2.18. The SMILES string of the molecule is CCOC(=O)NN=Cc1ccc(S(=O)(=O)O)o1. The average Bonchev–Trinajstić information content (AvgIpc) is 2.66. The number of hydrogen-bond donors (Lipinski definition) is 2. The third-order valence-corrected chi connectivity index (χ3v) is 2.21. The summed E-state index contributed by atoms with van der Waals surface area (Å²) in [5.41, 5.74) is 2.02. The fourth-order valence-corrected chi connectivity index (χ4v) is 1.30. The number of hydrazone groups is 1. The number of rotatable bonds is 4. The highest BCUT2D eigenvalue weighted by atomic mass is 32.2. The molecule has 0 aliphatic heterocycles. The van der Waals surface area contributed by atoms with Crippen LogP contribution in [0.2, 0.25) is 0 Å². The van der Waals surface area contributed by atoms with Gasteiger partial charge in [0.1, 0.15) is 5.76 Å². The van der Waals surface area contributed by atoms with Crippen LogP contribution in [0.4, 0.5) is 4.79 Å². The molecule has 0 aliphatic carbocycles. The van der Waals surface area contributed by atoms with Crippen molar-refractivity contribution in [3.63, 3.8) is 0 Å². The summed E-state index contributed by atoms with van der Waals surface area (Å²) in [4.78, 5) is 10.8. The number of nitrogens with one attached hydrogen (secondary N) is 1. The van der Waals surface area contributed by atoms with E-state index in [1.54, 1.807) is 6.92 Å². The third-order valence-electron chi connectivity index (χ3n) is 1.48. The molecule has 1 aromatic rings. The van der Waals surface area contributed by atoms with Crippen LogP contribution in [-0.2, 0) is 14.9 Å². The summed E-state index contributed by atoms with van der Waals surface area (Å²) in [5, 5.41) is 2.83. The summed E-state index contributed by atoms with van der Waals surface area (Å²) in [5.74, 6) is 0.0504. The van der Waals surface area contributed by atoms with Crippen molar-refractivity contribution in [1.29, 1.82) is 0 Å². The Morgan fingerprint density at radius 2 is 2.35 bits per heavy atom. The summed E-state index contributed by atoms with van der Waals surface area (Å²) in [6.45, 7) is 1.84. The smallest absolute Gasteiger partial charge is 0.427 e. The first kappa shape index (κ1) is 13.2. The van der Waals surface area contributed by atoms with Gasteiger partial charge in [-0.05, 0) is 19.1 Å². The predicted octanol–water partition coefficient (Wildman–Crippen LogP) is 0.606. The molecule has 0 saturated heterocycles. The van der Waals surface area contributed by atoms with E-state index in [4.69, 9.17) is 8.97 Å². The maximum Gasteiger partial charge on any atom is 0.427 e. The first-order valence-electron chi connectivity index (χ1n) is 4.46. The standard InChI is InChI=1S/C8H10N2O6S/c1-2-15-8(11)10-9-5-6-3-4-7(16-6)17(12,13)14/h3-5H,2H2,1H3,(H,10,11)(H,12,13,14). The Morgan fingerprint density at radius 3 is 2.88 bits per heavy atom. The lowest BCUT2D eigenvalue weighted by molar-refractivity contribution is 0.152. The van der Waals surface area contributed by atoms with E-state index < -0.39 is 21.3 Å². The van der Waals surface area contributed by atoms with Crippen LogP contribution in [0.15, 0.2) is 26.7 Å². The van der Waals surface area contributed by atoms with E-state index >= 15 is 0 Å². The molecule has 0 fully saturated rings. The fraction of sp³-hybridized carbons (Fsp3) is 0.250. The molecule has 1 heterocycles. The van der Waals surface area contributed by atoms with Crippen LogP contribution < -0.4 is 5.43 Å². The van der Waals surface area contributed by atoms with Gasteiger partial charge >= 0.3 is 16.2 Å². The van der Waals surface area contributed by atoms with Gasteiger partial charge in [-0.3, -0.25) is 4.55 Å². The van der Waals surface area contributed by atoms with Crippen molar-refractivity contribution < 1.29 is 26.9 Å². The Bertz CT molecular complexity index is 518. The number of amides is 1. The molecule has 17 heavy (non-hydrogen) atoms. The van der Waals surface area contributed by atoms with Crippen LogP contribution in [0.1, 0.15) is 12.7 Å². The highest BCUT2D eigenvalue weighted by molar-refractivity contribution is 7.85. The summed E-state index contributed by atoms with van der Waals surface area (Å²) in [7, 11) is -4.37. The average molecular weight is 262 g/mol. The van der Waals surface area contributed by atoms with Gasteiger partial charge in [0.15, 0.2) is 0 Å². The summed E-state index contributed by atoms with van der Waals surface area (Å²) in [6.07, 6.45) is 0.316. The van der Waals surface area contributed by atoms with E-state index in [0.29, 0.717) is 0 Å². The highest BCUT2D eigenvalue weighted by Crippen LogP contribution is 2.11. The molecule has 8 nitrogen and oxygen atoms in total. The number of carbonyl (C=O) groups is 1. The molecule has 1 aromatic heterocycles. The third kappa shape index (κ3) is 4.25. The zero-order chi connectivity index (χ0) is 12.9. The second kappa shape index (κ2) is 5.46. The minimum Gasteiger partial charge on any atom is -0.449 e. The van der Waals surface area contributed by atoms with Crippen molar-refractivity contribution >= 4 is 22.4 Å². The number of carbonyl (C=O) groups excluding carboxylic acids is 1. The molecule has 0 aromatic carbocycles. The summed E-state index contributed by atoms with van der Waals surface area (Å²) < 4.78 is 39.1. The number of nitrogens with zero attached hydrogens (tertiary/aromatic N) is 1. The molecule has 0 aliphatic rings. The van der Waals surface area contributed by atoms with E-state index in [0.717, 1.165) is 12.3 Å². The molecular formula is C8H10N2O6S. The van der Waals surface area contributed by atoms with E-state index in [1.165, 1.54) is 6.07 Å². The van der Waals surface area contributed by atoms with Gasteiger partial charge in [0.25, 0.3) is 0 Å². The van der Waals surface area contributed by atoms with Gasteiger partial charge in [-0.1, -0.05) is 0 Å². The molecular weight excluding hydrogens is 252 g/mol. The molecule has 0 spiro atoms. The van der Waals surface area contributed by atoms with Crippen molar-refractivity contribution in [3.05, 3.63) is 17.9 Å². The maximum atomic E-state index is 10.8. The first-order chi connectivity index (χ1) is 7.93. The highest BCUT2D eigenvalue weighted by Gasteiger charge is 2.13. The van der Waals surface area contributed by atoms with Crippen LogP contribution in [0, 0.1) is 0 Å². The van der Waals surface area contributed by atoms with Gasteiger partial charge in [-0.25, -0.2) is 10.2 Å². The van der Waals surface area contributed by atoms with Gasteiger partial charge in [-0.15, -0.1) is 0 Å². The zero-order valence-corrected chi connectivity index (χ0v) is 9.60. The van der Waals surface area contributed by atoms with Gasteiger partial charge in [-0.2, -0.15) is 13.5 Å². The Labute approximate surface area is 97.0 Å². The lowest BCUT2D eigenvalue weighted by Gasteiger charge is -1.97. The summed E-state index contributed by atoms with van der Waals surface area (Å²) >= 11 is 0. The molecule has 9 heteroatoms. The second-order valence-corrected chi connectivity index (χ2v) is 4.07. The lowest BCUT2D eigenvalue weighted by atomic mass is 10.5. The number of hydrogen-bond acceptors (Lipinski definition) is 6. The van der Waals surface area contributed by atoms with Crippen molar-refractivity contribution in [2.75, 3.05) is 6.61 Å². The van der Waals surface area contributed by atoms with Crippen molar-refractivity contribution in [3.8, 4) is 0 Å². The van der Waals surface area contributed by atoms with Gasteiger partial charge in [0.2, 0.25) is 5.09 Å². The molecule has 0 bridgehead atoms. The first-order valence-corrected chi connectivity index (χ1v) is 5.90. The Hall–Kier alpha value is -1.87. The second-order valence-electron chi connectivity index (χ2n) is 2.72. The minimum absolute atomic E-state index is 0.0504. The van der Waals surface area contributed by atoms with E-state index in [-0.39, 0.29) is 12.4 Å². The van der Waals surface area contributed by atoms with Crippen molar-refractivity contribution in [2.24, 2.45) is 5.10 Å². The number of ether oxygens (including phenoxy) is 1. The Kier molecular flexibility index (Phi) is 4.24. The molecule has 94 valence electrons. The van der Waals surface area contributed by atoms with E-state index in [1.807, 2.05) is 5.43 Å². The predicted molar refractivity (Wildman–Crippen MR) is 56.3 cm³/mol. The zero-order valence-electron chi connectivity index (χ0n) is 8.78. The number of furan rings is 1. The molecule has 2 N–H and O–H groups in total.